The smallest absolute Gasteiger partial charge is 0.306 e. The number of esters is 1. The lowest BCUT2D eigenvalue weighted by Crippen LogP contribution is -2.18. The van der Waals surface area contributed by atoms with Crippen molar-refractivity contribution in [3.63, 3.8) is 0 Å². The first-order valence-electron chi connectivity index (χ1n) is 20.3. The van der Waals surface area contributed by atoms with Gasteiger partial charge in [-0.05, 0) is 70.6 Å². The van der Waals surface area contributed by atoms with Gasteiger partial charge in [0.15, 0.2) is 0 Å². The summed E-state index contributed by atoms with van der Waals surface area (Å²) in [5, 5.41) is 8.79. The Kier molecular flexibility index (Phi) is 36.6. The summed E-state index contributed by atoms with van der Waals surface area (Å²) >= 11 is 0. The second kappa shape index (κ2) is 37.9. The maximum absolute atomic E-state index is 12.7. The molecule has 0 saturated carbocycles. The second-order valence-electron chi connectivity index (χ2n) is 13.8. The van der Waals surface area contributed by atoms with E-state index in [1.54, 1.807) is 0 Å². The van der Waals surface area contributed by atoms with Gasteiger partial charge in [0.25, 0.3) is 0 Å². The topological polar surface area (TPSA) is 63.6 Å². The number of carboxylic acid groups (broad SMARTS) is 1. The Balaban J connectivity index is 4.01. The number of hydrogen-bond acceptors (Lipinski definition) is 3. The molecule has 4 heteroatoms. The fourth-order valence-electron chi connectivity index (χ4n) is 6.16. The quantitative estimate of drug-likeness (QED) is 0.0414. The Hall–Kier alpha value is -1.58. The highest BCUT2D eigenvalue weighted by Gasteiger charge is 2.14. The molecule has 0 aromatic heterocycles. The fourth-order valence-corrected chi connectivity index (χ4v) is 6.16. The second-order valence-corrected chi connectivity index (χ2v) is 13.8. The molecule has 0 amide bonds. The number of unbranched alkanes of at least 4 members (excludes halogenated alkanes) is 24. The van der Waals surface area contributed by atoms with Crippen LogP contribution in [0.4, 0.5) is 0 Å². The van der Waals surface area contributed by atoms with Gasteiger partial charge in [-0.25, -0.2) is 0 Å². The van der Waals surface area contributed by atoms with Crippen LogP contribution in [0.15, 0.2) is 24.3 Å². The molecule has 0 radical (unpaired) electrons. The summed E-state index contributed by atoms with van der Waals surface area (Å²) in [6.45, 7) is 4.53. The van der Waals surface area contributed by atoms with Gasteiger partial charge in [-0.3, -0.25) is 9.59 Å². The summed E-state index contributed by atoms with van der Waals surface area (Å²) in [4.78, 5) is 23.4. The standard InChI is InChI=1S/C42H78O4/c1-3-5-7-9-11-13-15-16-17-18-19-20-21-23-25-31-35-39-42(45)46-40(37-33-29-26-27-30-34-38-41(43)44)36-32-28-24-22-14-12-10-8-6-4-2/h11,13,16-17,40H,3-10,12,14-15,18-39H2,1-2H3,(H,43,44)/b13-11-,17-16-. The lowest BCUT2D eigenvalue weighted by atomic mass is 10.0. The van der Waals surface area contributed by atoms with Crippen LogP contribution < -0.4 is 0 Å². The summed E-state index contributed by atoms with van der Waals surface area (Å²) in [7, 11) is 0. The number of allylic oxidation sites excluding steroid dienone is 4. The van der Waals surface area contributed by atoms with Gasteiger partial charge in [-0.2, -0.15) is 0 Å². The molecule has 0 spiro atoms. The summed E-state index contributed by atoms with van der Waals surface area (Å²) < 4.78 is 6.02. The van der Waals surface area contributed by atoms with Crippen LogP contribution in [-0.2, 0) is 14.3 Å². The largest absolute Gasteiger partial charge is 0.481 e. The minimum atomic E-state index is -0.692. The van der Waals surface area contributed by atoms with Crippen molar-refractivity contribution in [1.29, 1.82) is 0 Å². The minimum Gasteiger partial charge on any atom is -0.481 e. The Bertz CT molecular complexity index is 698. The van der Waals surface area contributed by atoms with Crippen LogP contribution in [0.3, 0.4) is 0 Å². The number of carbonyl (C=O) groups excluding carboxylic acids is 1. The highest BCUT2D eigenvalue weighted by molar-refractivity contribution is 5.69. The molecular weight excluding hydrogens is 568 g/mol. The zero-order valence-electron chi connectivity index (χ0n) is 30.9. The van der Waals surface area contributed by atoms with Gasteiger partial charge in [-0.15, -0.1) is 0 Å². The van der Waals surface area contributed by atoms with Crippen LogP contribution in [0.25, 0.3) is 0 Å². The number of carbonyl (C=O) groups is 2. The van der Waals surface area contributed by atoms with E-state index < -0.39 is 5.97 Å². The van der Waals surface area contributed by atoms with Crippen LogP contribution in [-0.4, -0.2) is 23.1 Å². The highest BCUT2D eigenvalue weighted by atomic mass is 16.5. The predicted molar refractivity (Wildman–Crippen MR) is 200 cm³/mol. The average Bonchev–Trinajstić information content (AvgIpc) is 3.04. The highest BCUT2D eigenvalue weighted by Crippen LogP contribution is 2.19. The number of hydrogen-bond donors (Lipinski definition) is 1. The molecule has 0 aromatic rings. The van der Waals surface area contributed by atoms with Crippen molar-refractivity contribution < 1.29 is 19.4 Å². The van der Waals surface area contributed by atoms with E-state index in [2.05, 4.69) is 38.2 Å². The van der Waals surface area contributed by atoms with Gasteiger partial charge in [0, 0.05) is 12.8 Å². The zero-order chi connectivity index (χ0) is 33.6. The van der Waals surface area contributed by atoms with Gasteiger partial charge in [0.1, 0.15) is 6.10 Å². The first kappa shape index (κ1) is 44.4. The van der Waals surface area contributed by atoms with Crippen molar-refractivity contribution >= 4 is 11.9 Å². The van der Waals surface area contributed by atoms with Crippen molar-refractivity contribution in [1.82, 2.24) is 0 Å². The third kappa shape index (κ3) is 36.9. The van der Waals surface area contributed by atoms with Crippen LogP contribution in [0.2, 0.25) is 0 Å². The predicted octanol–water partition coefficient (Wildman–Crippen LogP) is 14.0. The minimum absolute atomic E-state index is 0.00772. The van der Waals surface area contributed by atoms with Crippen LogP contribution in [0, 0.1) is 0 Å². The van der Waals surface area contributed by atoms with E-state index in [1.807, 2.05) is 0 Å². The lowest BCUT2D eigenvalue weighted by Gasteiger charge is -2.18. The summed E-state index contributed by atoms with van der Waals surface area (Å²) in [5.41, 5.74) is 0. The Labute approximate surface area is 287 Å². The molecule has 0 saturated heterocycles. The first-order valence-corrected chi connectivity index (χ1v) is 20.3. The fraction of sp³-hybridized carbons (Fsp3) is 0.857. The van der Waals surface area contributed by atoms with Gasteiger partial charge >= 0.3 is 11.9 Å². The van der Waals surface area contributed by atoms with Gasteiger partial charge in [0.05, 0.1) is 0 Å². The van der Waals surface area contributed by atoms with E-state index in [9.17, 15) is 9.59 Å². The van der Waals surface area contributed by atoms with Gasteiger partial charge in [-0.1, -0.05) is 167 Å². The van der Waals surface area contributed by atoms with E-state index in [4.69, 9.17) is 9.84 Å². The molecule has 0 aliphatic carbocycles. The van der Waals surface area contributed by atoms with Gasteiger partial charge < -0.3 is 9.84 Å². The molecule has 0 aliphatic heterocycles. The SMILES string of the molecule is CCCCC/C=C\C/C=C\CCCCCCCCCC(=O)OC(CCCCCCCCCCCC)CCCCCCCCC(=O)O. The third-order valence-electron chi connectivity index (χ3n) is 9.18. The molecule has 0 aliphatic rings. The lowest BCUT2D eigenvalue weighted by molar-refractivity contribution is -0.150. The van der Waals surface area contributed by atoms with Crippen LogP contribution >= 0.6 is 0 Å². The molecule has 1 N–H and O–H groups in total. The van der Waals surface area contributed by atoms with E-state index in [1.165, 1.54) is 122 Å². The summed E-state index contributed by atoms with van der Waals surface area (Å²) in [6, 6.07) is 0. The molecule has 1 unspecified atom stereocenters. The molecule has 0 fully saturated rings. The summed E-state index contributed by atoms with van der Waals surface area (Å²) in [6.07, 6.45) is 47.7. The molecule has 0 bridgehead atoms. The average molecular weight is 647 g/mol. The van der Waals surface area contributed by atoms with E-state index in [0.29, 0.717) is 6.42 Å². The molecule has 0 aromatic carbocycles. The Morgan fingerprint density at radius 3 is 1.33 bits per heavy atom. The number of aliphatic carboxylic acids is 1. The molecular formula is C42H78O4. The third-order valence-corrected chi connectivity index (χ3v) is 9.18. The maximum Gasteiger partial charge on any atom is 0.306 e. The van der Waals surface area contributed by atoms with Gasteiger partial charge in [0.2, 0.25) is 0 Å². The number of carboxylic acids is 1. The zero-order valence-corrected chi connectivity index (χ0v) is 30.9. The van der Waals surface area contributed by atoms with Crippen molar-refractivity contribution in [2.24, 2.45) is 0 Å². The Morgan fingerprint density at radius 2 is 0.848 bits per heavy atom. The summed E-state index contributed by atoms with van der Waals surface area (Å²) in [5.74, 6) is -0.684. The van der Waals surface area contributed by atoms with Crippen molar-refractivity contribution in [2.45, 2.75) is 232 Å². The maximum atomic E-state index is 12.7. The normalized spacial score (nSPS) is 12.4. The van der Waals surface area contributed by atoms with E-state index in [0.717, 1.165) is 77.0 Å². The number of ether oxygens (including phenoxy) is 1. The van der Waals surface area contributed by atoms with Crippen LogP contribution in [0.5, 0.6) is 0 Å². The molecule has 0 rings (SSSR count). The van der Waals surface area contributed by atoms with Crippen molar-refractivity contribution in [3.05, 3.63) is 24.3 Å². The van der Waals surface area contributed by atoms with E-state index >= 15 is 0 Å². The monoisotopic (exact) mass is 647 g/mol. The van der Waals surface area contributed by atoms with Crippen LogP contribution in [0.1, 0.15) is 226 Å². The van der Waals surface area contributed by atoms with Crippen molar-refractivity contribution in [2.75, 3.05) is 0 Å². The Morgan fingerprint density at radius 1 is 0.478 bits per heavy atom. The molecule has 270 valence electrons. The van der Waals surface area contributed by atoms with Crippen molar-refractivity contribution in [3.8, 4) is 0 Å². The van der Waals surface area contributed by atoms with E-state index in [-0.39, 0.29) is 18.5 Å². The molecule has 46 heavy (non-hydrogen) atoms. The number of rotatable bonds is 37. The molecule has 1 atom stereocenters. The molecule has 0 heterocycles. The molecule has 4 nitrogen and oxygen atoms in total. The first-order chi connectivity index (χ1) is 22.6.